The van der Waals surface area contributed by atoms with Gasteiger partial charge in [0.25, 0.3) is 0 Å². The molecule has 0 aliphatic carbocycles. The zero-order valence-corrected chi connectivity index (χ0v) is 28.7. The lowest BCUT2D eigenvalue weighted by atomic mass is 9.88. The van der Waals surface area contributed by atoms with Crippen LogP contribution in [0.5, 0.6) is 17.2 Å². The maximum Gasteiger partial charge on any atom is 0.170 e. The van der Waals surface area contributed by atoms with Gasteiger partial charge in [-0.05, 0) is 108 Å². The predicted octanol–water partition coefficient (Wildman–Crippen LogP) is 8.03. The molecule has 0 aliphatic rings. The van der Waals surface area contributed by atoms with Crippen molar-refractivity contribution < 1.29 is 25.4 Å². The quantitative estimate of drug-likeness (QED) is 0.0422. The van der Waals surface area contributed by atoms with Crippen LogP contribution in [0.2, 0.25) is 0 Å². The number of hydrogen-bond donors (Lipinski definition) is 6. The Hall–Kier alpha value is -6.33. The molecule has 0 amide bonds. The van der Waals surface area contributed by atoms with Crippen LogP contribution in [0.25, 0.3) is 44.5 Å². The number of hydrogen-bond acceptors (Lipinski definition) is 9. The van der Waals surface area contributed by atoms with Crippen molar-refractivity contribution >= 4 is 23.2 Å². The zero-order chi connectivity index (χ0) is 35.9. The maximum atomic E-state index is 9.60. The molecule has 0 saturated heterocycles. The van der Waals surface area contributed by atoms with Gasteiger partial charge in [-0.1, -0.05) is 71.0 Å². The van der Waals surface area contributed by atoms with Crippen LogP contribution in [0.4, 0.5) is 0 Å². The highest BCUT2D eigenvalue weighted by Crippen LogP contribution is 2.41. The largest absolute Gasteiger partial charge is 0.508 e. The van der Waals surface area contributed by atoms with Crippen LogP contribution in [0.15, 0.2) is 113 Å². The monoisotopic (exact) mass is 687 g/mol. The Morgan fingerprint density at radius 1 is 0.640 bits per heavy atom. The van der Waals surface area contributed by atoms with E-state index in [-0.39, 0.29) is 23.2 Å². The Morgan fingerprint density at radius 2 is 1.16 bits per heavy atom. The summed E-state index contributed by atoms with van der Waals surface area (Å²) >= 11 is 1.43. The van der Waals surface area contributed by atoms with Gasteiger partial charge >= 0.3 is 0 Å². The molecule has 0 aliphatic heterocycles. The summed E-state index contributed by atoms with van der Waals surface area (Å²) in [6.07, 6.45) is 0. The van der Waals surface area contributed by atoms with Gasteiger partial charge in [0.15, 0.2) is 11.7 Å². The molecule has 1 heterocycles. The third-order valence-corrected chi connectivity index (χ3v) is 8.94. The van der Waals surface area contributed by atoms with E-state index < -0.39 is 0 Å². The summed E-state index contributed by atoms with van der Waals surface area (Å²) in [4.78, 5) is 1.06. The molecule has 6 aromatic rings. The topological polar surface area (TPSA) is 180 Å². The highest BCUT2D eigenvalue weighted by Gasteiger charge is 2.22. The van der Waals surface area contributed by atoms with Gasteiger partial charge in [-0.15, -0.1) is 0 Å². The Bertz CT molecular complexity index is 2160. The first-order valence-electron chi connectivity index (χ1n) is 15.5. The highest BCUT2D eigenvalue weighted by molar-refractivity contribution is 7.06. The van der Waals surface area contributed by atoms with E-state index in [2.05, 4.69) is 20.8 Å². The van der Waals surface area contributed by atoms with Crippen molar-refractivity contribution in [2.45, 2.75) is 20.8 Å². The van der Waals surface area contributed by atoms with E-state index in [1.165, 1.54) is 11.5 Å². The van der Waals surface area contributed by atoms with Crippen LogP contribution >= 0.6 is 11.5 Å². The van der Waals surface area contributed by atoms with E-state index in [4.69, 9.17) is 16.2 Å². The third kappa shape index (κ3) is 7.38. The van der Waals surface area contributed by atoms with Crippen molar-refractivity contribution in [3.8, 4) is 61.8 Å². The molecule has 0 bridgehead atoms. The van der Waals surface area contributed by atoms with Gasteiger partial charge in [0.1, 0.15) is 17.2 Å². The van der Waals surface area contributed by atoms with Crippen LogP contribution in [-0.4, -0.2) is 43.8 Å². The van der Waals surface area contributed by atoms with Crippen LogP contribution in [-0.2, 0) is 0 Å². The second-order valence-corrected chi connectivity index (χ2v) is 12.4. The second kappa shape index (κ2) is 15.3. The minimum atomic E-state index is -0.00205. The summed E-state index contributed by atoms with van der Waals surface area (Å²) < 4.78 is 9.83. The number of oxime groups is 2. The molecule has 50 heavy (non-hydrogen) atoms. The Morgan fingerprint density at radius 3 is 1.64 bits per heavy atom. The van der Waals surface area contributed by atoms with Crippen molar-refractivity contribution in [3.63, 3.8) is 0 Å². The molecule has 0 atom stereocenters. The van der Waals surface area contributed by atoms with E-state index in [0.717, 1.165) is 60.6 Å². The zero-order valence-electron chi connectivity index (χ0n) is 27.9. The molecule has 0 spiro atoms. The molecule has 0 saturated carbocycles. The second-order valence-electron chi connectivity index (χ2n) is 11.5. The first-order chi connectivity index (χ1) is 24.1. The standard InChI is InChI=1S/C20H18N2O3.C19H19N3O2S/c1-25-16-11-17(13-7-9-15(23)10-8-13)19(14-5-3-2-4-6-14)18(12-16)20(21)22-24;1-10-8-15(13-4-6-14(23)7-5-13)18(16(9-10)19(20)21-24)17-11(2)22-25-12(17)3/h2-12,23-24H,1H3,(H2,21,22);4-9,23-24H,1-3H3,(H2,20,21). The summed E-state index contributed by atoms with van der Waals surface area (Å²) in [5, 5.41) is 44.0. The molecule has 0 radical (unpaired) electrons. The molecule has 11 heteroatoms. The molecule has 10 nitrogen and oxygen atoms in total. The van der Waals surface area contributed by atoms with Crippen LogP contribution in [0.1, 0.15) is 27.3 Å². The van der Waals surface area contributed by atoms with E-state index in [1.54, 1.807) is 37.4 Å². The molecule has 1 aromatic heterocycles. The average molecular weight is 688 g/mol. The SMILES string of the molecule is COc1cc(C(N)=NO)c(-c2ccccc2)c(-c2ccc(O)cc2)c1.Cc1cc(C(N)=NO)c(-c2c(C)nsc2C)c(-c2ccc(O)cc2)c1. The van der Waals surface area contributed by atoms with Gasteiger partial charge in [0.05, 0.1) is 12.8 Å². The van der Waals surface area contributed by atoms with E-state index in [1.807, 2.05) is 87.5 Å². The van der Waals surface area contributed by atoms with Gasteiger partial charge in [0, 0.05) is 32.7 Å². The van der Waals surface area contributed by atoms with E-state index in [9.17, 15) is 20.6 Å². The van der Waals surface area contributed by atoms with Crippen LogP contribution in [0.3, 0.4) is 0 Å². The smallest absolute Gasteiger partial charge is 0.170 e. The number of phenols is 2. The molecule has 0 fully saturated rings. The number of nitrogens with two attached hydrogens (primary N) is 2. The molecule has 5 aromatic carbocycles. The lowest BCUT2D eigenvalue weighted by molar-refractivity contribution is 0.318. The molecule has 0 unspecified atom stereocenters. The number of aromatic hydroxyl groups is 2. The van der Waals surface area contributed by atoms with Crippen molar-refractivity contribution in [3.05, 3.63) is 130 Å². The summed E-state index contributed by atoms with van der Waals surface area (Å²) in [5.41, 5.74) is 22.3. The average Bonchev–Trinajstić information content (AvgIpc) is 3.47. The van der Waals surface area contributed by atoms with Crippen LogP contribution < -0.4 is 16.2 Å². The number of methoxy groups -OCH3 is 1. The third-order valence-electron chi connectivity index (χ3n) is 8.10. The number of rotatable bonds is 7. The van der Waals surface area contributed by atoms with Gasteiger partial charge in [-0.2, -0.15) is 4.37 Å². The minimum absolute atomic E-state index is 0.00205. The van der Waals surface area contributed by atoms with Gasteiger partial charge in [0.2, 0.25) is 0 Å². The van der Waals surface area contributed by atoms with Crippen molar-refractivity contribution in [2.75, 3.05) is 7.11 Å². The normalized spacial score (nSPS) is 11.5. The Labute approximate surface area is 294 Å². The lowest BCUT2D eigenvalue weighted by Crippen LogP contribution is -2.15. The van der Waals surface area contributed by atoms with Crippen LogP contribution in [0, 0.1) is 20.8 Å². The summed E-state index contributed by atoms with van der Waals surface area (Å²) in [7, 11) is 1.56. The summed E-state index contributed by atoms with van der Waals surface area (Å²) in [6, 6.07) is 31.2. The maximum absolute atomic E-state index is 9.60. The fourth-order valence-corrected chi connectivity index (χ4v) is 6.50. The van der Waals surface area contributed by atoms with Gasteiger partial charge in [-0.3, -0.25) is 0 Å². The first kappa shape index (κ1) is 35.0. The molecule has 6 rings (SSSR count). The van der Waals surface area contributed by atoms with E-state index in [0.29, 0.717) is 16.9 Å². The minimum Gasteiger partial charge on any atom is -0.508 e. The summed E-state index contributed by atoms with van der Waals surface area (Å²) in [5.74, 6) is 1.04. The number of aryl methyl sites for hydroxylation is 3. The molecule has 8 N–H and O–H groups in total. The van der Waals surface area contributed by atoms with E-state index >= 15 is 0 Å². The van der Waals surface area contributed by atoms with Crippen molar-refractivity contribution in [1.82, 2.24) is 4.37 Å². The van der Waals surface area contributed by atoms with Crippen molar-refractivity contribution in [1.29, 1.82) is 0 Å². The number of nitrogens with zero attached hydrogens (tertiary/aromatic N) is 3. The highest BCUT2D eigenvalue weighted by atomic mass is 32.1. The Balaban J connectivity index is 0.000000194. The number of benzene rings is 5. The predicted molar refractivity (Wildman–Crippen MR) is 199 cm³/mol. The van der Waals surface area contributed by atoms with Crippen molar-refractivity contribution in [2.24, 2.45) is 21.8 Å². The molecular formula is C39H37N5O5S. The Kier molecular flexibility index (Phi) is 10.7. The lowest BCUT2D eigenvalue weighted by Gasteiger charge is -2.17. The van der Waals surface area contributed by atoms with Gasteiger partial charge in [-0.25, -0.2) is 0 Å². The molecule has 254 valence electrons. The van der Waals surface area contributed by atoms with Gasteiger partial charge < -0.3 is 36.8 Å². The number of aromatic nitrogens is 1. The number of ether oxygens (including phenoxy) is 1. The molecular weight excluding hydrogens is 651 g/mol. The fourth-order valence-electron chi connectivity index (χ4n) is 5.79. The summed E-state index contributed by atoms with van der Waals surface area (Å²) in [6.45, 7) is 5.93. The number of phenolic OH excluding ortho intramolecular Hbond substituents is 2. The fraction of sp³-hybridized carbons (Fsp3) is 0.103. The first-order valence-corrected chi connectivity index (χ1v) is 16.2. The number of amidine groups is 2.